The zero-order valence-electron chi connectivity index (χ0n) is 7.76. The fourth-order valence-corrected chi connectivity index (χ4v) is 1.26. The number of nitrogen functional groups attached to an aromatic ring is 1. The number of benzene rings is 1. The average molecular weight is 236 g/mol. The van der Waals surface area contributed by atoms with Crippen molar-refractivity contribution in [2.45, 2.75) is 13.5 Å². The van der Waals surface area contributed by atoms with Gasteiger partial charge in [0, 0.05) is 11.6 Å². The highest BCUT2D eigenvalue weighted by Crippen LogP contribution is 2.29. The van der Waals surface area contributed by atoms with Crippen LogP contribution < -0.4 is 10.5 Å². The van der Waals surface area contributed by atoms with E-state index in [1.165, 1.54) is 6.92 Å². The Balaban J connectivity index is 3.17. The van der Waals surface area contributed by atoms with Gasteiger partial charge in [-0.2, -0.15) is 8.78 Å². The molecule has 82 valence electrons. The molecule has 0 heterocycles. The second-order valence-corrected chi connectivity index (χ2v) is 3.21. The molecule has 0 saturated heterocycles. The van der Waals surface area contributed by atoms with E-state index in [2.05, 4.69) is 4.74 Å². The Morgan fingerprint density at radius 2 is 2.13 bits per heavy atom. The molecule has 15 heavy (non-hydrogen) atoms. The SMILES string of the molecule is CC(=O)c1cc(OC(F)F)cc(Cl)c1N. The summed E-state index contributed by atoms with van der Waals surface area (Å²) >= 11 is 5.64. The van der Waals surface area contributed by atoms with Crippen molar-refractivity contribution in [2.24, 2.45) is 0 Å². The molecule has 0 radical (unpaired) electrons. The number of anilines is 1. The van der Waals surface area contributed by atoms with Crippen LogP contribution in [0.2, 0.25) is 5.02 Å². The highest BCUT2D eigenvalue weighted by Gasteiger charge is 2.13. The molecule has 0 atom stereocenters. The van der Waals surface area contributed by atoms with Crippen LogP contribution in [0.15, 0.2) is 12.1 Å². The van der Waals surface area contributed by atoms with E-state index < -0.39 is 6.61 Å². The highest BCUT2D eigenvalue weighted by atomic mass is 35.5. The van der Waals surface area contributed by atoms with E-state index in [1.54, 1.807) is 0 Å². The maximum Gasteiger partial charge on any atom is 0.387 e. The molecule has 0 aliphatic heterocycles. The second-order valence-electron chi connectivity index (χ2n) is 2.80. The number of halogens is 3. The van der Waals surface area contributed by atoms with Gasteiger partial charge in [0.2, 0.25) is 0 Å². The van der Waals surface area contributed by atoms with Crippen LogP contribution in [0.5, 0.6) is 5.75 Å². The monoisotopic (exact) mass is 235 g/mol. The summed E-state index contributed by atoms with van der Waals surface area (Å²) in [7, 11) is 0. The van der Waals surface area contributed by atoms with Crippen LogP contribution in [0.1, 0.15) is 17.3 Å². The molecular formula is C9H8ClF2NO2. The van der Waals surface area contributed by atoms with E-state index >= 15 is 0 Å². The lowest BCUT2D eigenvalue weighted by atomic mass is 10.1. The van der Waals surface area contributed by atoms with Crippen molar-refractivity contribution < 1.29 is 18.3 Å². The van der Waals surface area contributed by atoms with E-state index in [-0.39, 0.29) is 27.8 Å². The highest BCUT2D eigenvalue weighted by molar-refractivity contribution is 6.34. The van der Waals surface area contributed by atoms with Gasteiger partial charge in [-0.1, -0.05) is 11.6 Å². The van der Waals surface area contributed by atoms with Crippen molar-refractivity contribution in [1.29, 1.82) is 0 Å². The van der Waals surface area contributed by atoms with Crippen LogP contribution >= 0.6 is 11.6 Å². The molecular weight excluding hydrogens is 228 g/mol. The van der Waals surface area contributed by atoms with Gasteiger partial charge in [-0.05, 0) is 13.0 Å². The summed E-state index contributed by atoms with van der Waals surface area (Å²) in [5.74, 6) is -0.552. The number of hydrogen-bond donors (Lipinski definition) is 1. The first-order valence-corrected chi connectivity index (χ1v) is 4.34. The Kier molecular flexibility index (Phi) is 3.47. The normalized spacial score (nSPS) is 10.5. The molecule has 0 aromatic heterocycles. The Morgan fingerprint density at radius 3 is 2.60 bits per heavy atom. The third-order valence-electron chi connectivity index (χ3n) is 1.71. The van der Waals surface area contributed by atoms with Gasteiger partial charge in [0.05, 0.1) is 10.7 Å². The first-order chi connectivity index (χ1) is 6.91. The minimum atomic E-state index is -2.97. The van der Waals surface area contributed by atoms with Gasteiger partial charge in [-0.3, -0.25) is 4.79 Å². The molecule has 0 unspecified atom stereocenters. The van der Waals surface area contributed by atoms with Crippen molar-refractivity contribution >= 4 is 23.1 Å². The Hall–Kier alpha value is -1.36. The van der Waals surface area contributed by atoms with E-state index in [4.69, 9.17) is 17.3 Å². The zero-order valence-corrected chi connectivity index (χ0v) is 8.52. The van der Waals surface area contributed by atoms with E-state index in [9.17, 15) is 13.6 Å². The number of carbonyl (C=O) groups is 1. The van der Waals surface area contributed by atoms with Crippen LogP contribution in [0.25, 0.3) is 0 Å². The van der Waals surface area contributed by atoms with E-state index in [0.717, 1.165) is 12.1 Å². The van der Waals surface area contributed by atoms with Crippen LogP contribution in [0, 0.1) is 0 Å². The van der Waals surface area contributed by atoms with Gasteiger partial charge < -0.3 is 10.5 Å². The van der Waals surface area contributed by atoms with Gasteiger partial charge >= 0.3 is 6.61 Å². The van der Waals surface area contributed by atoms with Gasteiger partial charge in [0.25, 0.3) is 0 Å². The van der Waals surface area contributed by atoms with Crippen LogP contribution in [0.3, 0.4) is 0 Å². The maximum atomic E-state index is 11.9. The Labute approximate surface area is 89.8 Å². The van der Waals surface area contributed by atoms with Crippen LogP contribution in [0.4, 0.5) is 14.5 Å². The molecule has 0 aliphatic carbocycles. The predicted molar refractivity (Wildman–Crippen MR) is 52.5 cm³/mol. The van der Waals surface area contributed by atoms with Crippen LogP contribution in [-0.4, -0.2) is 12.4 Å². The molecule has 2 N–H and O–H groups in total. The molecule has 0 bridgehead atoms. The van der Waals surface area contributed by atoms with Gasteiger partial charge in [0.1, 0.15) is 5.75 Å². The molecule has 0 saturated carbocycles. The van der Waals surface area contributed by atoms with Crippen LogP contribution in [-0.2, 0) is 0 Å². The summed E-state index contributed by atoms with van der Waals surface area (Å²) in [6.07, 6.45) is 0. The third-order valence-corrected chi connectivity index (χ3v) is 2.02. The molecule has 1 aromatic carbocycles. The second kappa shape index (κ2) is 4.44. The van der Waals surface area contributed by atoms with Crippen molar-refractivity contribution in [1.82, 2.24) is 0 Å². The summed E-state index contributed by atoms with van der Waals surface area (Å²) in [6, 6.07) is 2.27. The quantitative estimate of drug-likeness (QED) is 0.647. The summed E-state index contributed by atoms with van der Waals surface area (Å²) < 4.78 is 27.9. The Morgan fingerprint density at radius 1 is 1.53 bits per heavy atom. The third kappa shape index (κ3) is 2.79. The summed E-state index contributed by atoms with van der Waals surface area (Å²) in [5.41, 5.74) is 5.62. The Bertz CT molecular complexity index is 396. The van der Waals surface area contributed by atoms with Gasteiger partial charge in [-0.25, -0.2) is 0 Å². The molecule has 0 spiro atoms. The number of alkyl halides is 2. The minimum Gasteiger partial charge on any atom is -0.435 e. The van der Waals surface area contributed by atoms with Crippen molar-refractivity contribution in [2.75, 3.05) is 5.73 Å². The zero-order chi connectivity index (χ0) is 11.6. The van der Waals surface area contributed by atoms with E-state index in [1.807, 2.05) is 0 Å². The number of carbonyl (C=O) groups excluding carboxylic acids is 1. The lowest BCUT2D eigenvalue weighted by Gasteiger charge is -2.09. The lowest BCUT2D eigenvalue weighted by molar-refractivity contribution is -0.0498. The van der Waals surface area contributed by atoms with E-state index in [0.29, 0.717) is 0 Å². The summed E-state index contributed by atoms with van der Waals surface area (Å²) in [6.45, 7) is -1.71. The number of ether oxygens (including phenoxy) is 1. The molecule has 0 amide bonds. The smallest absolute Gasteiger partial charge is 0.387 e. The van der Waals surface area contributed by atoms with Gasteiger partial charge in [0.15, 0.2) is 5.78 Å². The summed E-state index contributed by atoms with van der Waals surface area (Å²) in [4.78, 5) is 11.1. The summed E-state index contributed by atoms with van der Waals surface area (Å²) in [5, 5.41) is 0.0124. The van der Waals surface area contributed by atoms with Crippen molar-refractivity contribution in [3.05, 3.63) is 22.7 Å². The van der Waals surface area contributed by atoms with Crippen molar-refractivity contribution in [3.8, 4) is 5.75 Å². The van der Waals surface area contributed by atoms with Gasteiger partial charge in [-0.15, -0.1) is 0 Å². The minimum absolute atomic E-state index is 0.0124. The lowest BCUT2D eigenvalue weighted by Crippen LogP contribution is -2.05. The number of Topliss-reactive ketones (excluding diaryl/α,β-unsaturated/α-hetero) is 1. The first kappa shape index (κ1) is 11.7. The fourth-order valence-electron chi connectivity index (χ4n) is 1.06. The molecule has 1 rings (SSSR count). The first-order valence-electron chi connectivity index (χ1n) is 3.96. The fraction of sp³-hybridized carbons (Fsp3) is 0.222. The number of rotatable bonds is 3. The molecule has 3 nitrogen and oxygen atoms in total. The number of ketones is 1. The average Bonchev–Trinajstić information content (AvgIpc) is 2.09. The molecule has 1 aromatic rings. The standard InChI is InChI=1S/C9H8ClF2NO2/c1-4(14)6-2-5(15-9(11)12)3-7(10)8(6)13/h2-3,9H,13H2,1H3. The topological polar surface area (TPSA) is 52.3 Å². The molecule has 0 fully saturated rings. The predicted octanol–water partition coefficient (Wildman–Crippen LogP) is 2.73. The number of nitrogens with two attached hydrogens (primary N) is 1. The van der Waals surface area contributed by atoms with Crippen molar-refractivity contribution in [3.63, 3.8) is 0 Å². The number of hydrogen-bond acceptors (Lipinski definition) is 3. The molecule has 6 heteroatoms. The maximum absolute atomic E-state index is 11.9. The molecule has 0 aliphatic rings. The largest absolute Gasteiger partial charge is 0.435 e.